The predicted molar refractivity (Wildman–Crippen MR) is 109 cm³/mol. The summed E-state index contributed by atoms with van der Waals surface area (Å²) in [6, 6.07) is 3.42. The van der Waals surface area contributed by atoms with Gasteiger partial charge in [0.15, 0.2) is 17.2 Å². The van der Waals surface area contributed by atoms with Crippen molar-refractivity contribution in [2.45, 2.75) is 19.8 Å². The quantitative estimate of drug-likeness (QED) is 0.369. The van der Waals surface area contributed by atoms with Crippen molar-refractivity contribution in [3.05, 3.63) is 29.1 Å². The fourth-order valence-electron chi connectivity index (χ4n) is 2.89. The zero-order chi connectivity index (χ0) is 22.4. The Morgan fingerprint density at radius 2 is 2.00 bits per heavy atom. The second-order valence-electron chi connectivity index (χ2n) is 6.14. The zero-order valence-corrected chi connectivity index (χ0v) is 17.4. The lowest BCUT2D eigenvalue weighted by molar-refractivity contribution is 0.0949. The topological polar surface area (TPSA) is 165 Å². The van der Waals surface area contributed by atoms with Crippen LogP contribution in [0.1, 0.15) is 35.1 Å². The number of hydrogen-bond acceptors (Lipinski definition) is 11. The van der Waals surface area contributed by atoms with Crippen molar-refractivity contribution in [2.24, 2.45) is 5.10 Å². The number of anilines is 1. The highest BCUT2D eigenvalue weighted by Crippen LogP contribution is 2.38. The van der Waals surface area contributed by atoms with E-state index in [4.69, 9.17) is 19.9 Å². The molecular weight excluding hydrogens is 408 g/mol. The molecule has 1 amide bonds. The van der Waals surface area contributed by atoms with Gasteiger partial charge in [-0.25, -0.2) is 10.1 Å². The number of nitrogens with one attached hydrogen (secondary N) is 1. The molecule has 0 spiro atoms. The van der Waals surface area contributed by atoms with Crippen molar-refractivity contribution in [1.29, 1.82) is 0 Å². The zero-order valence-electron chi connectivity index (χ0n) is 17.4. The average molecular weight is 430 g/mol. The van der Waals surface area contributed by atoms with Crippen LogP contribution in [-0.2, 0) is 6.42 Å². The predicted octanol–water partition coefficient (Wildman–Crippen LogP) is 0.975. The Balaban J connectivity index is 1.84. The number of nitrogens with zero attached hydrogens (tertiary/aromatic N) is 6. The van der Waals surface area contributed by atoms with Gasteiger partial charge in [0, 0.05) is 5.56 Å². The summed E-state index contributed by atoms with van der Waals surface area (Å²) in [4.78, 5) is 12.7. The van der Waals surface area contributed by atoms with Gasteiger partial charge in [0.05, 0.1) is 33.2 Å². The molecule has 2 heterocycles. The summed E-state index contributed by atoms with van der Waals surface area (Å²) in [5, 5.41) is 19.1. The molecule has 0 atom stereocenters. The van der Waals surface area contributed by atoms with Crippen LogP contribution in [0.15, 0.2) is 21.9 Å². The van der Waals surface area contributed by atoms with Gasteiger partial charge < -0.3 is 19.9 Å². The standard InChI is InChI=1S/C18H22N8O5/c1-5-6-11-13(21-25-26(11)17-16(19)23-31-24-17)18(27)22-20-9-10-7-8-12(28-2)15(30-4)14(10)29-3/h7-9H,5-6H2,1-4H3,(H2,19,23)(H,22,27)/b20-9+. The van der Waals surface area contributed by atoms with Gasteiger partial charge in [-0.3, -0.25) is 4.79 Å². The van der Waals surface area contributed by atoms with Crippen LogP contribution < -0.4 is 25.4 Å². The van der Waals surface area contributed by atoms with Crippen molar-refractivity contribution < 1.29 is 23.6 Å². The molecule has 0 bridgehead atoms. The Hall–Kier alpha value is -4.16. The molecule has 0 radical (unpaired) electrons. The summed E-state index contributed by atoms with van der Waals surface area (Å²) in [6.07, 6.45) is 2.64. The molecule has 0 fully saturated rings. The van der Waals surface area contributed by atoms with E-state index < -0.39 is 5.91 Å². The number of aromatic nitrogens is 5. The normalized spacial score (nSPS) is 11.0. The van der Waals surface area contributed by atoms with Gasteiger partial charge in [-0.2, -0.15) is 9.78 Å². The van der Waals surface area contributed by atoms with E-state index in [0.717, 1.165) is 6.42 Å². The van der Waals surface area contributed by atoms with Crippen LogP contribution in [0.3, 0.4) is 0 Å². The Bertz CT molecular complexity index is 1090. The number of amides is 1. The molecule has 164 valence electrons. The lowest BCUT2D eigenvalue weighted by atomic mass is 10.2. The first kappa shape index (κ1) is 21.5. The number of hydrazone groups is 1. The minimum Gasteiger partial charge on any atom is -0.493 e. The van der Waals surface area contributed by atoms with Gasteiger partial charge in [0.2, 0.25) is 17.4 Å². The largest absolute Gasteiger partial charge is 0.493 e. The second kappa shape index (κ2) is 9.56. The fraction of sp³-hybridized carbons (Fsp3) is 0.333. The van der Waals surface area contributed by atoms with E-state index in [1.165, 1.54) is 32.2 Å². The maximum atomic E-state index is 12.7. The molecule has 0 aliphatic carbocycles. The van der Waals surface area contributed by atoms with E-state index in [0.29, 0.717) is 34.9 Å². The van der Waals surface area contributed by atoms with E-state index in [1.807, 2.05) is 6.92 Å². The first-order chi connectivity index (χ1) is 15.0. The number of ether oxygens (including phenoxy) is 3. The third kappa shape index (κ3) is 4.24. The summed E-state index contributed by atoms with van der Waals surface area (Å²) < 4.78 is 21.9. The van der Waals surface area contributed by atoms with Crippen molar-refractivity contribution >= 4 is 17.9 Å². The number of methoxy groups -OCH3 is 3. The van der Waals surface area contributed by atoms with Gasteiger partial charge in [0.1, 0.15) is 0 Å². The molecule has 0 unspecified atom stereocenters. The van der Waals surface area contributed by atoms with Crippen molar-refractivity contribution in [1.82, 2.24) is 30.7 Å². The second-order valence-corrected chi connectivity index (χ2v) is 6.14. The molecule has 3 rings (SSSR count). The number of nitrogens with two attached hydrogens (primary N) is 1. The number of hydrogen-bond donors (Lipinski definition) is 2. The van der Waals surface area contributed by atoms with Gasteiger partial charge in [0.25, 0.3) is 5.91 Å². The van der Waals surface area contributed by atoms with Crippen LogP contribution >= 0.6 is 0 Å². The highest BCUT2D eigenvalue weighted by Gasteiger charge is 2.23. The van der Waals surface area contributed by atoms with Crippen molar-refractivity contribution in [3.8, 4) is 23.1 Å². The van der Waals surface area contributed by atoms with Gasteiger partial charge >= 0.3 is 0 Å². The van der Waals surface area contributed by atoms with E-state index in [9.17, 15) is 4.79 Å². The monoisotopic (exact) mass is 430 g/mol. The highest BCUT2D eigenvalue weighted by molar-refractivity contribution is 5.94. The molecule has 3 aromatic rings. The third-order valence-corrected chi connectivity index (χ3v) is 4.27. The SMILES string of the molecule is CCCc1c(C(=O)N/N=C/c2ccc(OC)c(OC)c2OC)nnn1-c1nonc1N. The van der Waals surface area contributed by atoms with E-state index >= 15 is 0 Å². The van der Waals surface area contributed by atoms with E-state index in [1.54, 1.807) is 12.1 Å². The summed E-state index contributed by atoms with van der Waals surface area (Å²) in [5.41, 5.74) is 9.32. The van der Waals surface area contributed by atoms with Gasteiger partial charge in [-0.1, -0.05) is 18.6 Å². The van der Waals surface area contributed by atoms with Crippen LogP contribution in [0.2, 0.25) is 0 Å². The third-order valence-electron chi connectivity index (χ3n) is 4.27. The minimum absolute atomic E-state index is 0.0350. The molecule has 0 saturated heterocycles. The maximum absolute atomic E-state index is 12.7. The molecular formula is C18H22N8O5. The first-order valence-corrected chi connectivity index (χ1v) is 9.20. The summed E-state index contributed by atoms with van der Waals surface area (Å²) >= 11 is 0. The van der Waals surface area contributed by atoms with Crippen LogP contribution in [0.4, 0.5) is 5.82 Å². The molecule has 0 aliphatic rings. The summed E-state index contributed by atoms with van der Waals surface area (Å²) in [7, 11) is 4.51. The number of benzene rings is 1. The molecule has 13 nitrogen and oxygen atoms in total. The van der Waals surface area contributed by atoms with Gasteiger partial charge in [-0.15, -0.1) is 5.10 Å². The minimum atomic E-state index is -0.555. The Morgan fingerprint density at radius 3 is 2.61 bits per heavy atom. The van der Waals surface area contributed by atoms with Crippen LogP contribution in [0.5, 0.6) is 17.2 Å². The maximum Gasteiger partial charge on any atom is 0.293 e. The molecule has 31 heavy (non-hydrogen) atoms. The number of nitrogen functional groups attached to an aromatic ring is 1. The average Bonchev–Trinajstić information content (AvgIpc) is 3.38. The van der Waals surface area contributed by atoms with Crippen LogP contribution in [0, 0.1) is 0 Å². The number of carbonyl (C=O) groups is 1. The summed E-state index contributed by atoms with van der Waals surface area (Å²) in [6.45, 7) is 1.95. The van der Waals surface area contributed by atoms with E-state index in [-0.39, 0.29) is 17.3 Å². The Morgan fingerprint density at radius 1 is 1.23 bits per heavy atom. The number of carbonyl (C=O) groups excluding carboxylic acids is 1. The lowest BCUT2D eigenvalue weighted by Gasteiger charge is -2.13. The number of rotatable bonds is 9. The summed E-state index contributed by atoms with van der Waals surface area (Å²) in [5.74, 6) is 0.962. The molecule has 0 aliphatic heterocycles. The van der Waals surface area contributed by atoms with E-state index in [2.05, 4.69) is 35.8 Å². The lowest BCUT2D eigenvalue weighted by Crippen LogP contribution is -2.20. The molecule has 0 saturated carbocycles. The van der Waals surface area contributed by atoms with Crippen LogP contribution in [-0.4, -0.2) is 58.8 Å². The van der Waals surface area contributed by atoms with Crippen molar-refractivity contribution in [3.63, 3.8) is 0 Å². The van der Waals surface area contributed by atoms with Gasteiger partial charge in [-0.05, 0) is 28.9 Å². The smallest absolute Gasteiger partial charge is 0.293 e. The molecule has 1 aromatic carbocycles. The Labute approximate surface area is 177 Å². The van der Waals surface area contributed by atoms with Crippen molar-refractivity contribution in [2.75, 3.05) is 27.1 Å². The molecule has 13 heteroatoms. The Kier molecular flexibility index (Phi) is 6.64. The highest BCUT2D eigenvalue weighted by atomic mass is 16.6. The molecule has 3 N–H and O–H groups in total. The van der Waals surface area contributed by atoms with Crippen LogP contribution in [0.25, 0.3) is 5.82 Å². The first-order valence-electron chi connectivity index (χ1n) is 9.20. The molecule has 2 aromatic heterocycles. The fourth-order valence-corrected chi connectivity index (χ4v) is 2.89.